The largest absolute Gasteiger partial charge is 0.493 e. The molecule has 0 aliphatic carbocycles. The SMILES string of the molecule is COC(=O)CN(CCC(=O)Nc1cc(OC)c(OC)c(OC)c1)Cc1ccccc1. The topological polar surface area (TPSA) is 86.3 Å². The number of hydrogen-bond acceptors (Lipinski definition) is 7. The van der Waals surface area contributed by atoms with Crippen LogP contribution in [-0.4, -0.2) is 58.3 Å². The van der Waals surface area contributed by atoms with E-state index >= 15 is 0 Å². The van der Waals surface area contributed by atoms with Crippen LogP contribution >= 0.6 is 0 Å². The highest BCUT2D eigenvalue weighted by molar-refractivity contribution is 5.91. The third-order valence-electron chi connectivity index (χ3n) is 4.43. The third kappa shape index (κ3) is 6.66. The van der Waals surface area contributed by atoms with Crippen molar-refractivity contribution in [2.24, 2.45) is 0 Å². The summed E-state index contributed by atoms with van der Waals surface area (Å²) in [5, 5.41) is 2.83. The van der Waals surface area contributed by atoms with E-state index in [1.54, 1.807) is 12.1 Å². The Kier molecular flexibility index (Phi) is 8.96. The molecule has 2 aromatic carbocycles. The van der Waals surface area contributed by atoms with Gasteiger partial charge in [-0.05, 0) is 5.56 Å². The summed E-state index contributed by atoms with van der Waals surface area (Å²) in [6.07, 6.45) is 0.195. The Morgan fingerprint density at radius 1 is 0.933 bits per heavy atom. The zero-order valence-corrected chi connectivity index (χ0v) is 17.8. The van der Waals surface area contributed by atoms with Crippen molar-refractivity contribution in [2.75, 3.05) is 46.8 Å². The number of rotatable bonds is 11. The number of nitrogens with one attached hydrogen (secondary N) is 1. The molecule has 0 aliphatic rings. The first-order valence-corrected chi connectivity index (χ1v) is 9.43. The summed E-state index contributed by atoms with van der Waals surface area (Å²) in [5.41, 5.74) is 1.57. The number of hydrogen-bond donors (Lipinski definition) is 1. The van der Waals surface area contributed by atoms with Gasteiger partial charge >= 0.3 is 5.97 Å². The highest BCUT2D eigenvalue weighted by Gasteiger charge is 2.16. The average Bonchev–Trinajstić information content (AvgIpc) is 2.77. The number of anilines is 1. The van der Waals surface area contributed by atoms with Crippen molar-refractivity contribution in [2.45, 2.75) is 13.0 Å². The van der Waals surface area contributed by atoms with Gasteiger partial charge in [0.05, 0.1) is 35.0 Å². The van der Waals surface area contributed by atoms with Gasteiger partial charge in [0, 0.05) is 37.3 Å². The van der Waals surface area contributed by atoms with Crippen molar-refractivity contribution >= 4 is 17.6 Å². The van der Waals surface area contributed by atoms with Crippen molar-refractivity contribution in [1.29, 1.82) is 0 Å². The number of carbonyl (C=O) groups excluding carboxylic acids is 2. The van der Waals surface area contributed by atoms with E-state index in [1.165, 1.54) is 28.4 Å². The van der Waals surface area contributed by atoms with Gasteiger partial charge in [0.15, 0.2) is 11.5 Å². The van der Waals surface area contributed by atoms with Gasteiger partial charge in [-0.1, -0.05) is 30.3 Å². The molecule has 0 aromatic heterocycles. The first-order valence-electron chi connectivity index (χ1n) is 9.43. The second-order valence-electron chi connectivity index (χ2n) is 6.48. The van der Waals surface area contributed by atoms with Crippen LogP contribution in [0.15, 0.2) is 42.5 Å². The van der Waals surface area contributed by atoms with E-state index in [0.29, 0.717) is 36.0 Å². The number of benzene rings is 2. The molecular weight excluding hydrogens is 388 g/mol. The summed E-state index contributed by atoms with van der Waals surface area (Å²) < 4.78 is 20.7. The highest BCUT2D eigenvalue weighted by Crippen LogP contribution is 2.39. The number of methoxy groups -OCH3 is 4. The van der Waals surface area contributed by atoms with Crippen LogP contribution < -0.4 is 19.5 Å². The van der Waals surface area contributed by atoms with E-state index in [2.05, 4.69) is 5.32 Å². The fourth-order valence-electron chi connectivity index (χ4n) is 2.94. The van der Waals surface area contributed by atoms with Gasteiger partial charge in [-0.15, -0.1) is 0 Å². The Morgan fingerprint density at radius 2 is 1.57 bits per heavy atom. The third-order valence-corrected chi connectivity index (χ3v) is 4.43. The first-order chi connectivity index (χ1) is 14.5. The van der Waals surface area contributed by atoms with Crippen LogP contribution in [0, 0.1) is 0 Å². The molecule has 2 aromatic rings. The molecule has 0 saturated carbocycles. The van der Waals surface area contributed by atoms with Crippen LogP contribution in [0.1, 0.15) is 12.0 Å². The van der Waals surface area contributed by atoms with Gasteiger partial charge in [-0.2, -0.15) is 0 Å². The second-order valence-corrected chi connectivity index (χ2v) is 6.48. The fourth-order valence-corrected chi connectivity index (χ4v) is 2.94. The molecule has 8 heteroatoms. The molecule has 1 N–H and O–H groups in total. The Hall–Kier alpha value is -3.26. The lowest BCUT2D eigenvalue weighted by atomic mass is 10.2. The van der Waals surface area contributed by atoms with E-state index in [1.807, 2.05) is 35.2 Å². The van der Waals surface area contributed by atoms with E-state index in [4.69, 9.17) is 18.9 Å². The van der Waals surface area contributed by atoms with Crippen LogP contribution in [0.3, 0.4) is 0 Å². The molecule has 0 radical (unpaired) electrons. The molecular formula is C22H28N2O6. The van der Waals surface area contributed by atoms with E-state index < -0.39 is 0 Å². The van der Waals surface area contributed by atoms with Crippen LogP contribution in [-0.2, 0) is 20.9 Å². The van der Waals surface area contributed by atoms with Gasteiger partial charge in [0.25, 0.3) is 0 Å². The molecule has 1 amide bonds. The Balaban J connectivity index is 2.03. The monoisotopic (exact) mass is 416 g/mol. The van der Waals surface area contributed by atoms with Gasteiger partial charge in [0.1, 0.15) is 0 Å². The van der Waals surface area contributed by atoms with Crippen LogP contribution in [0.4, 0.5) is 5.69 Å². The van der Waals surface area contributed by atoms with Gasteiger partial charge in [-0.25, -0.2) is 0 Å². The molecule has 0 bridgehead atoms. The van der Waals surface area contributed by atoms with Crippen molar-refractivity contribution in [3.05, 3.63) is 48.0 Å². The zero-order valence-electron chi connectivity index (χ0n) is 17.8. The Bertz CT molecular complexity index is 816. The number of esters is 1. The molecule has 0 spiro atoms. The molecule has 0 unspecified atom stereocenters. The summed E-state index contributed by atoms with van der Waals surface area (Å²) in [6, 6.07) is 13.1. The molecule has 30 heavy (non-hydrogen) atoms. The molecule has 162 valence electrons. The van der Waals surface area contributed by atoms with Gasteiger partial charge < -0.3 is 24.3 Å². The molecule has 0 fully saturated rings. The summed E-state index contributed by atoms with van der Waals surface area (Å²) in [7, 11) is 5.88. The van der Waals surface area contributed by atoms with E-state index in [9.17, 15) is 9.59 Å². The first kappa shape index (κ1) is 23.0. The number of amides is 1. The zero-order chi connectivity index (χ0) is 21.9. The van der Waals surface area contributed by atoms with Crippen LogP contribution in [0.5, 0.6) is 17.2 Å². The number of ether oxygens (including phenoxy) is 4. The smallest absolute Gasteiger partial charge is 0.319 e. The maximum atomic E-state index is 12.5. The second kappa shape index (κ2) is 11.7. The minimum Gasteiger partial charge on any atom is -0.493 e. The van der Waals surface area contributed by atoms with Crippen molar-refractivity contribution in [1.82, 2.24) is 4.90 Å². The van der Waals surface area contributed by atoms with Crippen molar-refractivity contribution < 1.29 is 28.5 Å². The fraction of sp³-hybridized carbons (Fsp3) is 0.364. The predicted octanol–water partition coefficient (Wildman–Crippen LogP) is 2.72. The van der Waals surface area contributed by atoms with E-state index in [0.717, 1.165) is 5.56 Å². The molecule has 8 nitrogen and oxygen atoms in total. The highest BCUT2D eigenvalue weighted by atomic mass is 16.5. The standard InChI is InChI=1S/C22H28N2O6/c1-27-18-12-17(13-19(28-2)22(18)30-4)23-20(25)10-11-24(15-21(26)29-3)14-16-8-6-5-7-9-16/h5-9,12-13H,10-11,14-15H2,1-4H3,(H,23,25). The maximum absolute atomic E-state index is 12.5. The lowest BCUT2D eigenvalue weighted by molar-refractivity contribution is -0.142. The Morgan fingerprint density at radius 3 is 2.10 bits per heavy atom. The number of nitrogens with zero attached hydrogens (tertiary/aromatic N) is 1. The minimum atomic E-state index is -0.351. The van der Waals surface area contributed by atoms with Crippen molar-refractivity contribution in [3.63, 3.8) is 0 Å². The molecule has 0 aliphatic heterocycles. The minimum absolute atomic E-state index is 0.100. The lowest BCUT2D eigenvalue weighted by Crippen LogP contribution is -2.33. The summed E-state index contributed by atoms with van der Waals surface area (Å²) >= 11 is 0. The summed E-state index contributed by atoms with van der Waals surface area (Å²) in [5.74, 6) is 0.792. The normalized spacial score (nSPS) is 10.4. The Labute approximate surface area is 176 Å². The quantitative estimate of drug-likeness (QED) is 0.564. The molecule has 0 saturated heterocycles. The van der Waals surface area contributed by atoms with Gasteiger partial charge in [0.2, 0.25) is 11.7 Å². The maximum Gasteiger partial charge on any atom is 0.319 e. The predicted molar refractivity (Wildman–Crippen MR) is 113 cm³/mol. The summed E-state index contributed by atoms with van der Waals surface area (Å²) in [4.78, 5) is 26.1. The lowest BCUT2D eigenvalue weighted by Gasteiger charge is -2.21. The molecule has 0 heterocycles. The van der Waals surface area contributed by atoms with Crippen molar-refractivity contribution in [3.8, 4) is 17.2 Å². The van der Waals surface area contributed by atoms with Crippen LogP contribution in [0.25, 0.3) is 0 Å². The molecule has 2 rings (SSSR count). The van der Waals surface area contributed by atoms with Gasteiger partial charge in [-0.3, -0.25) is 14.5 Å². The molecule has 0 atom stereocenters. The summed E-state index contributed by atoms with van der Waals surface area (Å²) in [6.45, 7) is 1.02. The van der Waals surface area contributed by atoms with Crippen LogP contribution in [0.2, 0.25) is 0 Å². The number of carbonyl (C=O) groups is 2. The van der Waals surface area contributed by atoms with E-state index in [-0.39, 0.29) is 24.8 Å². The average molecular weight is 416 g/mol.